The van der Waals surface area contributed by atoms with E-state index in [1.807, 2.05) is 19.9 Å². The minimum absolute atomic E-state index is 0.0271. The van der Waals surface area contributed by atoms with E-state index >= 15 is 0 Å². The van der Waals surface area contributed by atoms with Crippen LogP contribution in [0, 0.1) is 0 Å². The van der Waals surface area contributed by atoms with Gasteiger partial charge in [-0.3, -0.25) is 4.99 Å². The third-order valence-corrected chi connectivity index (χ3v) is 2.75. The maximum absolute atomic E-state index is 5.80. The van der Waals surface area contributed by atoms with Crippen molar-refractivity contribution in [2.24, 2.45) is 10.7 Å². The smallest absolute Gasteiger partial charge is 0.0661 e. The molecule has 2 N–H and O–H groups in total. The summed E-state index contributed by atoms with van der Waals surface area (Å²) < 4.78 is 0. The Morgan fingerprint density at radius 2 is 2.06 bits per heavy atom. The van der Waals surface area contributed by atoms with Gasteiger partial charge in [-0.1, -0.05) is 31.5 Å². The molecule has 88 valence electrons. The van der Waals surface area contributed by atoms with E-state index in [0.29, 0.717) is 0 Å². The molecule has 16 heavy (non-hydrogen) atoms. The van der Waals surface area contributed by atoms with E-state index in [4.69, 9.17) is 5.73 Å². The Bertz CT molecular complexity index is 354. The van der Waals surface area contributed by atoms with Gasteiger partial charge in [-0.15, -0.1) is 0 Å². The van der Waals surface area contributed by atoms with Gasteiger partial charge in [0.25, 0.3) is 0 Å². The summed E-state index contributed by atoms with van der Waals surface area (Å²) in [6.07, 6.45) is 3.52. The highest BCUT2D eigenvalue weighted by molar-refractivity contribution is 5.89. The second kappa shape index (κ2) is 6.44. The van der Waals surface area contributed by atoms with Crippen molar-refractivity contribution in [2.45, 2.75) is 46.1 Å². The van der Waals surface area contributed by atoms with Crippen LogP contribution in [0.15, 0.2) is 29.3 Å². The van der Waals surface area contributed by atoms with E-state index in [1.165, 1.54) is 18.4 Å². The molecule has 2 nitrogen and oxygen atoms in total. The summed E-state index contributed by atoms with van der Waals surface area (Å²) in [5.41, 5.74) is 9.19. The van der Waals surface area contributed by atoms with E-state index < -0.39 is 0 Å². The Kier molecular flexibility index (Phi) is 5.20. The predicted molar refractivity (Wildman–Crippen MR) is 71.5 cm³/mol. The molecule has 1 aromatic rings. The molecule has 0 aliphatic rings. The van der Waals surface area contributed by atoms with Gasteiger partial charge in [-0.25, -0.2) is 0 Å². The second-order valence-electron chi connectivity index (χ2n) is 4.27. The molecule has 0 spiro atoms. The van der Waals surface area contributed by atoms with Crippen molar-refractivity contribution in [3.63, 3.8) is 0 Å². The summed E-state index contributed by atoms with van der Waals surface area (Å²) in [7, 11) is 0. The van der Waals surface area contributed by atoms with Crippen LogP contribution in [0.1, 0.15) is 39.2 Å². The lowest BCUT2D eigenvalue weighted by atomic mass is 10.1. The number of rotatable bonds is 5. The molecule has 0 aromatic heterocycles. The first-order chi connectivity index (χ1) is 7.65. The highest BCUT2D eigenvalue weighted by Crippen LogP contribution is 2.21. The van der Waals surface area contributed by atoms with Gasteiger partial charge in [0.2, 0.25) is 0 Å². The van der Waals surface area contributed by atoms with Crippen LogP contribution in [0.3, 0.4) is 0 Å². The van der Waals surface area contributed by atoms with Crippen molar-refractivity contribution in [3.8, 4) is 0 Å². The van der Waals surface area contributed by atoms with Gasteiger partial charge in [0.15, 0.2) is 0 Å². The minimum atomic E-state index is 0.0271. The largest absolute Gasteiger partial charge is 0.323 e. The molecule has 1 rings (SSSR count). The third-order valence-electron chi connectivity index (χ3n) is 2.75. The Labute approximate surface area is 98.6 Å². The van der Waals surface area contributed by atoms with Crippen LogP contribution in [0.5, 0.6) is 0 Å². The first-order valence-corrected chi connectivity index (χ1v) is 6.03. The van der Waals surface area contributed by atoms with Gasteiger partial charge in [0.05, 0.1) is 5.69 Å². The number of unbranched alkanes of at least 4 members (excludes halogenated alkanes) is 1. The van der Waals surface area contributed by atoms with Crippen molar-refractivity contribution in [1.29, 1.82) is 0 Å². The fraction of sp³-hybridized carbons (Fsp3) is 0.500. The highest BCUT2D eigenvalue weighted by atomic mass is 14.8. The number of hydrogen-bond donors (Lipinski definition) is 1. The molecule has 0 radical (unpaired) electrons. The zero-order chi connectivity index (χ0) is 12.0. The number of nitrogens with two attached hydrogens (primary N) is 1. The molecule has 0 bridgehead atoms. The second-order valence-corrected chi connectivity index (χ2v) is 4.27. The van der Waals surface area contributed by atoms with Crippen LogP contribution in [0.4, 0.5) is 5.69 Å². The number of hydrogen-bond acceptors (Lipinski definition) is 2. The SMILES string of the molecule is CCCCc1ccccc1N=C(C)C(C)N. The van der Waals surface area contributed by atoms with Crippen molar-refractivity contribution in [2.75, 3.05) is 0 Å². The first kappa shape index (κ1) is 12.9. The monoisotopic (exact) mass is 218 g/mol. The number of aryl methyl sites for hydroxylation is 1. The van der Waals surface area contributed by atoms with E-state index in [-0.39, 0.29) is 6.04 Å². The molecule has 2 heteroatoms. The van der Waals surface area contributed by atoms with Gasteiger partial charge in [0, 0.05) is 11.8 Å². The van der Waals surface area contributed by atoms with Crippen LogP contribution >= 0.6 is 0 Å². The summed E-state index contributed by atoms with van der Waals surface area (Å²) in [4.78, 5) is 4.60. The summed E-state index contributed by atoms with van der Waals surface area (Å²) in [5, 5.41) is 0. The summed E-state index contributed by atoms with van der Waals surface area (Å²) in [6.45, 7) is 6.16. The van der Waals surface area contributed by atoms with Crippen LogP contribution in [0.2, 0.25) is 0 Å². The lowest BCUT2D eigenvalue weighted by molar-refractivity contribution is 0.795. The average molecular weight is 218 g/mol. The number of aliphatic imine (C=N–C) groups is 1. The summed E-state index contributed by atoms with van der Waals surface area (Å²) >= 11 is 0. The molecule has 1 atom stereocenters. The summed E-state index contributed by atoms with van der Waals surface area (Å²) in [6, 6.07) is 8.35. The molecule has 0 saturated heterocycles. The number of benzene rings is 1. The van der Waals surface area contributed by atoms with Crippen molar-refractivity contribution in [3.05, 3.63) is 29.8 Å². The van der Waals surface area contributed by atoms with Crippen molar-refractivity contribution < 1.29 is 0 Å². The zero-order valence-electron chi connectivity index (χ0n) is 10.5. The van der Waals surface area contributed by atoms with Gasteiger partial charge < -0.3 is 5.73 Å². The zero-order valence-corrected chi connectivity index (χ0v) is 10.5. The first-order valence-electron chi connectivity index (χ1n) is 6.03. The van der Waals surface area contributed by atoms with Gasteiger partial charge in [-0.2, -0.15) is 0 Å². The molecule has 0 aliphatic heterocycles. The van der Waals surface area contributed by atoms with Gasteiger partial charge in [0.1, 0.15) is 0 Å². The van der Waals surface area contributed by atoms with Gasteiger partial charge >= 0.3 is 0 Å². The molecule has 0 heterocycles. The quantitative estimate of drug-likeness (QED) is 0.755. The molecular weight excluding hydrogens is 196 g/mol. The van der Waals surface area contributed by atoms with E-state index in [0.717, 1.165) is 17.8 Å². The Balaban J connectivity index is 2.90. The molecule has 1 aromatic carbocycles. The van der Waals surface area contributed by atoms with Crippen LogP contribution in [-0.2, 0) is 6.42 Å². The molecular formula is C14H22N2. The Morgan fingerprint density at radius 3 is 2.69 bits per heavy atom. The normalized spacial score (nSPS) is 13.9. The Hall–Kier alpha value is -1.15. The lowest BCUT2D eigenvalue weighted by Crippen LogP contribution is -2.23. The van der Waals surface area contributed by atoms with Crippen molar-refractivity contribution >= 4 is 11.4 Å². The molecule has 0 saturated carbocycles. The number of nitrogens with zero attached hydrogens (tertiary/aromatic N) is 1. The van der Waals surface area contributed by atoms with Gasteiger partial charge in [-0.05, 0) is 38.3 Å². The fourth-order valence-corrected chi connectivity index (χ4v) is 1.49. The Morgan fingerprint density at radius 1 is 1.38 bits per heavy atom. The van der Waals surface area contributed by atoms with Crippen molar-refractivity contribution in [1.82, 2.24) is 0 Å². The molecule has 1 unspecified atom stereocenters. The summed E-state index contributed by atoms with van der Waals surface area (Å²) in [5.74, 6) is 0. The fourth-order valence-electron chi connectivity index (χ4n) is 1.49. The topological polar surface area (TPSA) is 38.4 Å². The number of para-hydroxylation sites is 1. The minimum Gasteiger partial charge on any atom is -0.323 e. The highest BCUT2D eigenvalue weighted by Gasteiger charge is 2.02. The molecule has 0 fully saturated rings. The standard InChI is InChI=1S/C14H22N2/c1-4-5-8-13-9-6-7-10-14(13)16-12(3)11(2)15/h6-7,9-11H,4-5,8,15H2,1-3H3. The van der Waals surface area contributed by atoms with Crippen LogP contribution in [-0.4, -0.2) is 11.8 Å². The van der Waals surface area contributed by atoms with Crippen LogP contribution < -0.4 is 5.73 Å². The molecule has 0 aliphatic carbocycles. The predicted octanol–water partition coefficient (Wildman–Crippen LogP) is 3.47. The average Bonchev–Trinajstić information content (AvgIpc) is 2.27. The van der Waals surface area contributed by atoms with E-state index in [1.54, 1.807) is 0 Å². The third kappa shape index (κ3) is 3.78. The van der Waals surface area contributed by atoms with E-state index in [2.05, 4.69) is 30.1 Å². The maximum Gasteiger partial charge on any atom is 0.0661 e. The maximum atomic E-state index is 5.80. The molecule has 0 amide bonds. The lowest BCUT2D eigenvalue weighted by Gasteiger charge is -2.08. The van der Waals surface area contributed by atoms with E-state index in [9.17, 15) is 0 Å². The van der Waals surface area contributed by atoms with Crippen LogP contribution in [0.25, 0.3) is 0 Å².